The molecule has 8 heteroatoms. The number of carbonyl (C=O) groups excluding carboxylic acids is 1. The van der Waals surface area contributed by atoms with Gasteiger partial charge in [0.25, 0.3) is 5.91 Å². The number of amides is 1. The lowest BCUT2D eigenvalue weighted by Crippen LogP contribution is -2.27. The Labute approximate surface area is 124 Å². The molecule has 3 aromatic heterocycles. The van der Waals surface area contributed by atoms with E-state index in [9.17, 15) is 4.79 Å². The lowest BCUT2D eigenvalue weighted by molar-refractivity contribution is 0.0987. The Balaban J connectivity index is 1.85. The summed E-state index contributed by atoms with van der Waals surface area (Å²) in [5.74, 6) is -0.281. The van der Waals surface area contributed by atoms with Gasteiger partial charge in [-0.15, -0.1) is 10.2 Å². The number of anilines is 1. The van der Waals surface area contributed by atoms with E-state index >= 15 is 0 Å². The lowest BCUT2D eigenvalue weighted by atomic mass is 10.3. The Kier molecular flexibility index (Phi) is 3.61. The summed E-state index contributed by atoms with van der Waals surface area (Å²) in [4.78, 5) is 25.5. The van der Waals surface area contributed by atoms with E-state index in [1.165, 1.54) is 34.8 Å². The first kappa shape index (κ1) is 13.3. The van der Waals surface area contributed by atoms with Gasteiger partial charge >= 0.3 is 0 Å². The summed E-state index contributed by atoms with van der Waals surface area (Å²) >= 11 is 1.31. The van der Waals surface area contributed by atoms with Crippen LogP contribution >= 0.6 is 11.3 Å². The molecule has 0 bridgehead atoms. The van der Waals surface area contributed by atoms with E-state index in [1.54, 1.807) is 19.4 Å². The van der Waals surface area contributed by atoms with E-state index in [1.807, 2.05) is 12.1 Å². The molecule has 0 aliphatic heterocycles. The molecule has 3 rings (SSSR count). The Bertz CT molecular complexity index is 746. The van der Waals surface area contributed by atoms with Crippen LogP contribution in [0.2, 0.25) is 0 Å². The standard InChI is InChI=1S/C13H10N6OS/c1-19(12(20)10-8-15-5-6-16-10)13-18-17-11(21-13)9-3-2-4-14-7-9/h2-8H,1H3. The molecule has 0 aliphatic carbocycles. The first-order valence-electron chi connectivity index (χ1n) is 6.03. The van der Waals surface area contributed by atoms with E-state index in [0.717, 1.165) is 5.56 Å². The Morgan fingerprint density at radius 1 is 1.14 bits per heavy atom. The maximum atomic E-state index is 12.2. The fourth-order valence-corrected chi connectivity index (χ4v) is 2.42. The molecule has 0 unspecified atom stereocenters. The van der Waals surface area contributed by atoms with Gasteiger partial charge < -0.3 is 0 Å². The number of carbonyl (C=O) groups is 1. The Morgan fingerprint density at radius 2 is 2.00 bits per heavy atom. The van der Waals surface area contributed by atoms with Crippen molar-refractivity contribution in [1.29, 1.82) is 0 Å². The summed E-state index contributed by atoms with van der Waals surface area (Å²) < 4.78 is 0. The average Bonchev–Trinajstić information content (AvgIpc) is 3.05. The molecule has 3 heterocycles. The van der Waals surface area contributed by atoms with Crippen molar-refractivity contribution < 1.29 is 4.79 Å². The number of pyridine rings is 1. The Hall–Kier alpha value is -2.74. The van der Waals surface area contributed by atoms with Crippen LogP contribution in [0.25, 0.3) is 10.6 Å². The topological polar surface area (TPSA) is 84.8 Å². The molecule has 0 atom stereocenters. The summed E-state index contributed by atoms with van der Waals surface area (Å²) in [5.41, 5.74) is 1.12. The second kappa shape index (κ2) is 5.71. The van der Waals surface area contributed by atoms with Gasteiger partial charge in [-0.1, -0.05) is 11.3 Å². The van der Waals surface area contributed by atoms with Crippen LogP contribution in [0.4, 0.5) is 5.13 Å². The average molecular weight is 298 g/mol. The van der Waals surface area contributed by atoms with Crippen LogP contribution in [0.15, 0.2) is 43.1 Å². The van der Waals surface area contributed by atoms with Gasteiger partial charge in [0, 0.05) is 37.4 Å². The molecule has 0 spiro atoms. The second-order valence-corrected chi connectivity index (χ2v) is 5.04. The summed E-state index contributed by atoms with van der Waals surface area (Å²) in [5, 5.41) is 9.31. The van der Waals surface area contributed by atoms with Gasteiger partial charge in [-0.25, -0.2) is 4.98 Å². The number of hydrogen-bond donors (Lipinski definition) is 0. The van der Waals surface area contributed by atoms with Gasteiger partial charge in [-0.3, -0.25) is 19.7 Å². The molecule has 3 aromatic rings. The molecule has 0 saturated carbocycles. The highest BCUT2D eigenvalue weighted by atomic mass is 32.1. The first-order chi connectivity index (χ1) is 10.3. The van der Waals surface area contributed by atoms with Crippen LogP contribution in [0.3, 0.4) is 0 Å². The van der Waals surface area contributed by atoms with Crippen molar-refractivity contribution in [3.05, 3.63) is 48.8 Å². The quantitative estimate of drug-likeness (QED) is 0.731. The highest BCUT2D eigenvalue weighted by Crippen LogP contribution is 2.27. The van der Waals surface area contributed by atoms with Crippen molar-refractivity contribution in [3.8, 4) is 10.6 Å². The van der Waals surface area contributed by atoms with Crippen LogP contribution in [-0.4, -0.2) is 38.1 Å². The van der Waals surface area contributed by atoms with Crippen LogP contribution in [0, 0.1) is 0 Å². The smallest absolute Gasteiger partial charge is 0.280 e. The monoisotopic (exact) mass is 298 g/mol. The number of hydrogen-bond acceptors (Lipinski definition) is 7. The van der Waals surface area contributed by atoms with Crippen LogP contribution < -0.4 is 4.90 Å². The summed E-state index contributed by atoms with van der Waals surface area (Å²) in [6.07, 6.45) is 7.80. The first-order valence-corrected chi connectivity index (χ1v) is 6.85. The van der Waals surface area contributed by atoms with Crippen molar-refractivity contribution in [2.45, 2.75) is 0 Å². The van der Waals surface area contributed by atoms with Crippen LogP contribution in [-0.2, 0) is 0 Å². The number of aromatic nitrogens is 5. The van der Waals surface area contributed by atoms with Gasteiger partial charge in [0.05, 0.1) is 6.20 Å². The highest BCUT2D eigenvalue weighted by Gasteiger charge is 2.19. The zero-order valence-electron chi connectivity index (χ0n) is 11.0. The zero-order valence-corrected chi connectivity index (χ0v) is 11.9. The lowest BCUT2D eigenvalue weighted by Gasteiger charge is -2.11. The van der Waals surface area contributed by atoms with E-state index in [2.05, 4.69) is 25.1 Å². The van der Waals surface area contributed by atoms with Gasteiger partial charge in [0.1, 0.15) is 5.69 Å². The molecule has 0 N–H and O–H groups in total. The molecule has 0 saturated heterocycles. The molecule has 0 aromatic carbocycles. The number of rotatable bonds is 3. The van der Waals surface area contributed by atoms with E-state index < -0.39 is 0 Å². The fraction of sp³-hybridized carbons (Fsp3) is 0.0769. The largest absolute Gasteiger partial charge is 0.284 e. The molecule has 0 aliphatic rings. The van der Waals surface area contributed by atoms with E-state index in [4.69, 9.17) is 0 Å². The molecule has 21 heavy (non-hydrogen) atoms. The molecular formula is C13H10N6OS. The van der Waals surface area contributed by atoms with E-state index in [-0.39, 0.29) is 11.6 Å². The maximum Gasteiger partial charge on any atom is 0.280 e. The van der Waals surface area contributed by atoms with Crippen molar-refractivity contribution in [1.82, 2.24) is 25.1 Å². The Morgan fingerprint density at radius 3 is 2.71 bits per heavy atom. The second-order valence-electron chi connectivity index (χ2n) is 4.09. The summed E-state index contributed by atoms with van der Waals surface area (Å²) in [7, 11) is 1.63. The van der Waals surface area contributed by atoms with Crippen LogP contribution in [0.1, 0.15) is 10.5 Å². The molecule has 0 radical (unpaired) electrons. The van der Waals surface area contributed by atoms with Gasteiger partial charge in [0.15, 0.2) is 5.01 Å². The molecule has 1 amide bonds. The molecule has 7 nitrogen and oxygen atoms in total. The zero-order chi connectivity index (χ0) is 14.7. The highest BCUT2D eigenvalue weighted by molar-refractivity contribution is 7.18. The molecule has 0 fully saturated rings. The fourth-order valence-electron chi connectivity index (χ4n) is 1.63. The normalized spacial score (nSPS) is 10.3. The molecule has 104 valence electrons. The summed E-state index contributed by atoms with van der Waals surface area (Å²) in [6, 6.07) is 3.71. The maximum absolute atomic E-state index is 12.2. The van der Waals surface area contributed by atoms with E-state index in [0.29, 0.717) is 10.1 Å². The minimum absolute atomic E-state index is 0.262. The van der Waals surface area contributed by atoms with Crippen molar-refractivity contribution in [2.75, 3.05) is 11.9 Å². The predicted molar refractivity (Wildman–Crippen MR) is 77.9 cm³/mol. The van der Waals surface area contributed by atoms with Gasteiger partial charge in [-0.05, 0) is 12.1 Å². The summed E-state index contributed by atoms with van der Waals surface area (Å²) in [6.45, 7) is 0. The van der Waals surface area contributed by atoms with Crippen molar-refractivity contribution >= 4 is 22.4 Å². The predicted octanol–water partition coefficient (Wildman–Crippen LogP) is 1.67. The van der Waals surface area contributed by atoms with Gasteiger partial charge in [-0.2, -0.15) is 0 Å². The molecular weight excluding hydrogens is 288 g/mol. The third-order valence-electron chi connectivity index (χ3n) is 2.70. The van der Waals surface area contributed by atoms with Crippen LogP contribution in [0.5, 0.6) is 0 Å². The number of nitrogens with zero attached hydrogens (tertiary/aromatic N) is 6. The minimum Gasteiger partial charge on any atom is -0.284 e. The third-order valence-corrected chi connectivity index (χ3v) is 3.75. The van der Waals surface area contributed by atoms with Gasteiger partial charge in [0.2, 0.25) is 5.13 Å². The minimum atomic E-state index is -0.281. The SMILES string of the molecule is CN(C(=O)c1cnccn1)c1nnc(-c2cccnc2)s1. The third kappa shape index (κ3) is 2.75. The van der Waals surface area contributed by atoms with Crippen molar-refractivity contribution in [3.63, 3.8) is 0 Å². The van der Waals surface area contributed by atoms with Crippen molar-refractivity contribution in [2.24, 2.45) is 0 Å².